The minimum absolute atomic E-state index is 0.247. The standard InChI is InChI=1S/C20H18ClN5O3/c1-11-16(8-7-15(10-23)17(11)21)24-18(12(2)27)20(29)26-25-19(28)14-5-3-13(9-22)4-6-14/h3-8,12,18,24,27H,1-2H3,(H,25,28)(H,26,29)/t12-,18+/m0/s1. The van der Waals surface area contributed by atoms with Crippen LogP contribution in [0.25, 0.3) is 0 Å². The number of benzene rings is 2. The van der Waals surface area contributed by atoms with Crippen LogP contribution in [0.2, 0.25) is 5.02 Å². The number of nitrogens with one attached hydrogen (secondary N) is 3. The number of carbonyl (C=O) groups is 2. The van der Waals surface area contributed by atoms with Gasteiger partial charge in [-0.25, -0.2) is 0 Å². The van der Waals surface area contributed by atoms with Crippen LogP contribution in [-0.4, -0.2) is 29.1 Å². The Hall–Kier alpha value is -3.59. The summed E-state index contributed by atoms with van der Waals surface area (Å²) in [5, 5.41) is 30.9. The number of aliphatic hydroxyl groups excluding tert-OH is 1. The molecule has 0 spiro atoms. The lowest BCUT2D eigenvalue weighted by Crippen LogP contribution is -2.52. The molecule has 0 bridgehead atoms. The van der Waals surface area contributed by atoms with Gasteiger partial charge in [-0.05, 0) is 55.8 Å². The molecule has 4 N–H and O–H groups in total. The van der Waals surface area contributed by atoms with Gasteiger partial charge < -0.3 is 10.4 Å². The zero-order valence-electron chi connectivity index (χ0n) is 15.7. The summed E-state index contributed by atoms with van der Waals surface area (Å²) in [5.41, 5.74) is 6.48. The van der Waals surface area contributed by atoms with Crippen LogP contribution in [0.4, 0.5) is 5.69 Å². The molecule has 2 rings (SSSR count). The van der Waals surface area contributed by atoms with Crippen LogP contribution in [0.3, 0.4) is 0 Å². The number of amides is 2. The van der Waals surface area contributed by atoms with Crippen molar-refractivity contribution < 1.29 is 14.7 Å². The predicted molar refractivity (Wildman–Crippen MR) is 107 cm³/mol. The topological polar surface area (TPSA) is 138 Å². The molecule has 2 aromatic carbocycles. The van der Waals surface area contributed by atoms with E-state index in [0.717, 1.165) is 0 Å². The Bertz CT molecular complexity index is 1010. The number of hydrogen-bond acceptors (Lipinski definition) is 6. The summed E-state index contributed by atoms with van der Waals surface area (Å²) in [5.74, 6) is -1.26. The molecule has 0 aliphatic carbocycles. The quantitative estimate of drug-likeness (QED) is 0.555. The molecule has 2 aromatic rings. The zero-order valence-corrected chi connectivity index (χ0v) is 16.4. The van der Waals surface area contributed by atoms with E-state index in [-0.39, 0.29) is 10.6 Å². The van der Waals surface area contributed by atoms with Gasteiger partial charge in [0.05, 0.1) is 28.3 Å². The van der Waals surface area contributed by atoms with E-state index in [9.17, 15) is 14.7 Å². The predicted octanol–water partition coefficient (Wildman–Crippen LogP) is 2.01. The largest absolute Gasteiger partial charge is 0.391 e. The number of anilines is 1. The van der Waals surface area contributed by atoms with Gasteiger partial charge in [0.25, 0.3) is 11.8 Å². The molecule has 0 aliphatic heterocycles. The first kappa shape index (κ1) is 21.7. The van der Waals surface area contributed by atoms with Crippen molar-refractivity contribution >= 4 is 29.1 Å². The number of rotatable bonds is 5. The lowest BCUT2D eigenvalue weighted by atomic mass is 10.1. The number of halogens is 1. The third kappa shape index (κ3) is 5.23. The fraction of sp³-hybridized carbons (Fsp3) is 0.200. The molecule has 0 fully saturated rings. The summed E-state index contributed by atoms with van der Waals surface area (Å²) < 4.78 is 0. The monoisotopic (exact) mass is 411 g/mol. The molecule has 0 unspecified atom stereocenters. The molecule has 0 saturated carbocycles. The summed E-state index contributed by atoms with van der Waals surface area (Å²) in [6.45, 7) is 3.09. The normalized spacial score (nSPS) is 12.1. The highest BCUT2D eigenvalue weighted by atomic mass is 35.5. The van der Waals surface area contributed by atoms with Crippen LogP contribution in [0.5, 0.6) is 0 Å². The number of hydrogen-bond donors (Lipinski definition) is 4. The lowest BCUT2D eigenvalue weighted by molar-refractivity contribution is -0.124. The van der Waals surface area contributed by atoms with Crippen LogP contribution in [0.1, 0.15) is 34.0 Å². The van der Waals surface area contributed by atoms with Crippen molar-refractivity contribution in [1.82, 2.24) is 10.9 Å². The van der Waals surface area contributed by atoms with E-state index in [2.05, 4.69) is 16.2 Å². The van der Waals surface area contributed by atoms with Gasteiger partial charge in [-0.15, -0.1) is 0 Å². The Balaban J connectivity index is 2.08. The average molecular weight is 412 g/mol. The maximum absolute atomic E-state index is 12.5. The van der Waals surface area contributed by atoms with Gasteiger partial charge >= 0.3 is 0 Å². The Morgan fingerprint density at radius 3 is 2.28 bits per heavy atom. The number of aliphatic hydroxyl groups is 1. The van der Waals surface area contributed by atoms with Crippen LogP contribution < -0.4 is 16.2 Å². The van der Waals surface area contributed by atoms with Gasteiger partial charge in [0.1, 0.15) is 12.1 Å². The van der Waals surface area contributed by atoms with Crippen molar-refractivity contribution in [3.05, 3.63) is 63.7 Å². The molecule has 0 radical (unpaired) electrons. The number of nitrogens with zero attached hydrogens (tertiary/aromatic N) is 2. The van der Waals surface area contributed by atoms with Gasteiger partial charge in [-0.3, -0.25) is 20.4 Å². The molecule has 0 heterocycles. The maximum Gasteiger partial charge on any atom is 0.269 e. The van der Waals surface area contributed by atoms with Gasteiger partial charge in [0.15, 0.2) is 0 Å². The molecule has 0 aromatic heterocycles. The Kier molecular flexibility index (Phi) is 7.15. The van der Waals surface area contributed by atoms with Crippen LogP contribution >= 0.6 is 11.6 Å². The SMILES string of the molecule is Cc1c(N[C@@H](C(=O)NNC(=O)c2ccc(C#N)cc2)[C@H](C)O)ccc(C#N)c1Cl. The maximum atomic E-state index is 12.5. The second-order valence-corrected chi connectivity index (χ2v) is 6.58. The van der Waals surface area contributed by atoms with E-state index in [0.29, 0.717) is 22.4 Å². The second-order valence-electron chi connectivity index (χ2n) is 6.21. The van der Waals surface area contributed by atoms with Gasteiger partial charge in [0.2, 0.25) is 0 Å². The molecule has 0 aliphatic rings. The van der Waals surface area contributed by atoms with Gasteiger partial charge in [-0.1, -0.05) is 11.6 Å². The van der Waals surface area contributed by atoms with Crippen molar-refractivity contribution in [1.29, 1.82) is 10.5 Å². The van der Waals surface area contributed by atoms with Gasteiger partial charge in [0, 0.05) is 11.3 Å². The highest BCUT2D eigenvalue weighted by Gasteiger charge is 2.25. The highest BCUT2D eigenvalue weighted by Crippen LogP contribution is 2.27. The van der Waals surface area contributed by atoms with Crippen LogP contribution in [-0.2, 0) is 4.79 Å². The Morgan fingerprint density at radius 1 is 1.07 bits per heavy atom. The van der Waals surface area contributed by atoms with Crippen LogP contribution in [0.15, 0.2) is 36.4 Å². The molecule has 2 atom stereocenters. The minimum atomic E-state index is -1.10. The van der Waals surface area contributed by atoms with Crippen molar-refractivity contribution in [2.24, 2.45) is 0 Å². The molecule has 8 nitrogen and oxygen atoms in total. The van der Waals surface area contributed by atoms with E-state index in [4.69, 9.17) is 22.1 Å². The summed E-state index contributed by atoms with van der Waals surface area (Å²) in [6.07, 6.45) is -1.10. The summed E-state index contributed by atoms with van der Waals surface area (Å²) in [7, 11) is 0. The van der Waals surface area contributed by atoms with E-state index in [1.807, 2.05) is 12.1 Å². The van der Waals surface area contributed by atoms with E-state index >= 15 is 0 Å². The highest BCUT2D eigenvalue weighted by molar-refractivity contribution is 6.32. The second kappa shape index (κ2) is 9.56. The van der Waals surface area contributed by atoms with Crippen molar-refractivity contribution in [3.63, 3.8) is 0 Å². The number of carbonyl (C=O) groups excluding carboxylic acids is 2. The first-order chi connectivity index (χ1) is 13.8. The number of nitriles is 2. The van der Waals surface area contributed by atoms with Gasteiger partial charge in [-0.2, -0.15) is 10.5 Å². The van der Waals surface area contributed by atoms with Crippen molar-refractivity contribution in [2.45, 2.75) is 26.0 Å². The minimum Gasteiger partial charge on any atom is -0.391 e. The zero-order chi connectivity index (χ0) is 21.6. The third-order valence-corrected chi connectivity index (χ3v) is 4.65. The molecule has 29 heavy (non-hydrogen) atoms. The average Bonchev–Trinajstić information content (AvgIpc) is 2.72. The summed E-state index contributed by atoms with van der Waals surface area (Å²) in [4.78, 5) is 24.6. The van der Waals surface area contributed by atoms with E-state index in [1.54, 1.807) is 13.0 Å². The molecule has 9 heteroatoms. The smallest absolute Gasteiger partial charge is 0.269 e. The summed E-state index contributed by atoms with van der Waals surface area (Å²) >= 11 is 6.13. The van der Waals surface area contributed by atoms with Crippen LogP contribution in [0, 0.1) is 29.6 Å². The van der Waals surface area contributed by atoms with E-state index < -0.39 is 24.0 Å². The van der Waals surface area contributed by atoms with E-state index in [1.165, 1.54) is 37.3 Å². The Labute approximate surface area is 172 Å². The molecular formula is C20H18ClN5O3. The fourth-order valence-electron chi connectivity index (χ4n) is 2.46. The third-order valence-electron chi connectivity index (χ3n) is 4.16. The molecule has 148 valence electrons. The molecule has 0 saturated heterocycles. The number of hydrazine groups is 1. The molecule has 2 amide bonds. The first-order valence-electron chi connectivity index (χ1n) is 8.52. The first-order valence-corrected chi connectivity index (χ1v) is 8.90. The van der Waals surface area contributed by atoms with Crippen molar-refractivity contribution in [3.8, 4) is 12.1 Å². The lowest BCUT2D eigenvalue weighted by Gasteiger charge is -2.23. The fourth-order valence-corrected chi connectivity index (χ4v) is 2.67. The van der Waals surface area contributed by atoms with Crippen molar-refractivity contribution in [2.75, 3.05) is 5.32 Å². The summed E-state index contributed by atoms with van der Waals surface area (Å²) in [6, 6.07) is 11.8. The molecular weight excluding hydrogens is 394 g/mol. The Morgan fingerprint density at radius 2 is 1.72 bits per heavy atom.